The van der Waals surface area contributed by atoms with Crippen molar-refractivity contribution in [1.29, 1.82) is 0 Å². The van der Waals surface area contributed by atoms with Crippen molar-refractivity contribution < 1.29 is 19.0 Å². The van der Waals surface area contributed by atoms with Crippen molar-refractivity contribution in [1.82, 2.24) is 4.57 Å². The summed E-state index contributed by atoms with van der Waals surface area (Å²) in [4.78, 5) is 32.4. The van der Waals surface area contributed by atoms with Crippen LogP contribution in [0.4, 0.5) is 0 Å². The highest BCUT2D eigenvalue weighted by Gasteiger charge is 2.33. The molecule has 40 heavy (non-hydrogen) atoms. The summed E-state index contributed by atoms with van der Waals surface area (Å²) in [5, 5.41) is 1.91. The van der Waals surface area contributed by atoms with E-state index in [1.54, 1.807) is 31.6 Å². The molecule has 0 aliphatic carbocycles. The summed E-state index contributed by atoms with van der Waals surface area (Å²) >= 11 is 4.79. The Labute approximate surface area is 243 Å². The highest BCUT2D eigenvalue weighted by molar-refractivity contribution is 9.10. The summed E-state index contributed by atoms with van der Waals surface area (Å²) in [7, 11) is 1.58. The van der Waals surface area contributed by atoms with Crippen LogP contribution in [0.5, 0.6) is 11.5 Å². The fraction of sp³-hybridized carbons (Fsp3) is 0.194. The third-order valence-electron chi connectivity index (χ3n) is 6.53. The molecule has 0 saturated heterocycles. The molecule has 4 aromatic rings. The molecule has 9 heteroatoms. The summed E-state index contributed by atoms with van der Waals surface area (Å²) in [5.41, 5.74) is 1.96. The molecule has 0 N–H and O–H groups in total. The lowest BCUT2D eigenvalue weighted by Crippen LogP contribution is -2.40. The molecule has 3 aromatic carbocycles. The average Bonchev–Trinajstić information content (AvgIpc) is 3.25. The topological polar surface area (TPSA) is 79.1 Å². The van der Waals surface area contributed by atoms with E-state index in [4.69, 9.17) is 20.6 Å². The van der Waals surface area contributed by atoms with Gasteiger partial charge in [-0.05, 0) is 70.4 Å². The second-order valence-corrected chi connectivity index (χ2v) is 10.8. The smallest absolute Gasteiger partial charge is 0.338 e. The lowest BCUT2D eigenvalue weighted by atomic mass is 9.96. The lowest BCUT2D eigenvalue weighted by Gasteiger charge is -2.25. The number of carbonyl (C=O) groups is 1. The molecule has 0 amide bonds. The second kappa shape index (κ2) is 11.5. The molecular formula is C31H25BrN2O5S. The molecule has 1 aromatic heterocycles. The molecule has 2 heterocycles. The summed E-state index contributed by atoms with van der Waals surface area (Å²) in [6.45, 7) is 3.78. The molecule has 1 atom stereocenters. The van der Waals surface area contributed by atoms with Gasteiger partial charge in [-0.3, -0.25) is 9.36 Å². The van der Waals surface area contributed by atoms with Gasteiger partial charge in [-0.1, -0.05) is 53.7 Å². The maximum absolute atomic E-state index is 14.1. The zero-order valence-corrected chi connectivity index (χ0v) is 24.5. The first kappa shape index (κ1) is 27.4. The molecule has 0 unspecified atom stereocenters. The molecular weight excluding hydrogens is 592 g/mol. The van der Waals surface area contributed by atoms with Gasteiger partial charge >= 0.3 is 5.97 Å². The Morgan fingerprint density at radius 3 is 2.70 bits per heavy atom. The van der Waals surface area contributed by atoms with E-state index in [1.807, 2.05) is 54.6 Å². The number of hydrogen-bond acceptors (Lipinski definition) is 7. The number of benzene rings is 3. The van der Waals surface area contributed by atoms with E-state index in [0.717, 1.165) is 16.3 Å². The van der Waals surface area contributed by atoms with Gasteiger partial charge in [0.25, 0.3) is 5.56 Å². The van der Waals surface area contributed by atoms with Crippen molar-refractivity contribution in [3.05, 3.63) is 101 Å². The molecule has 0 radical (unpaired) electrons. The number of esters is 1. The van der Waals surface area contributed by atoms with E-state index in [0.29, 0.717) is 42.1 Å². The van der Waals surface area contributed by atoms with Crippen molar-refractivity contribution in [3.8, 4) is 23.8 Å². The van der Waals surface area contributed by atoms with Crippen LogP contribution in [-0.4, -0.2) is 30.9 Å². The number of thiazole rings is 1. The normalized spacial score (nSPS) is 14.9. The van der Waals surface area contributed by atoms with Gasteiger partial charge in [0.1, 0.15) is 18.1 Å². The van der Waals surface area contributed by atoms with Crippen LogP contribution in [0.3, 0.4) is 0 Å². The highest BCUT2D eigenvalue weighted by atomic mass is 79.9. The van der Waals surface area contributed by atoms with Crippen LogP contribution in [0.1, 0.15) is 31.0 Å². The predicted molar refractivity (Wildman–Crippen MR) is 159 cm³/mol. The standard InChI is InChI=1S/C31H25BrN2O5S/c1-5-15-39-24-13-11-19-9-7-8-10-21(19)22(24)17-26-29(35)34-28(20-12-14-25(37-4)23(32)16-20)27(30(36)38-6-2)18(3)33-31(34)40-26/h1,7-14,16-17,28H,6,15H2,2-4H3/b26-17-/t28-/m0/s1. The number of nitrogens with zero attached hydrogens (tertiary/aromatic N) is 2. The van der Waals surface area contributed by atoms with Gasteiger partial charge in [0.2, 0.25) is 0 Å². The molecule has 202 valence electrons. The number of aromatic nitrogens is 1. The Morgan fingerprint density at radius 2 is 1.98 bits per heavy atom. The Morgan fingerprint density at radius 1 is 1.20 bits per heavy atom. The van der Waals surface area contributed by atoms with Gasteiger partial charge in [0, 0.05) is 5.56 Å². The van der Waals surface area contributed by atoms with E-state index in [9.17, 15) is 9.59 Å². The van der Waals surface area contributed by atoms with E-state index in [-0.39, 0.29) is 18.8 Å². The zero-order valence-electron chi connectivity index (χ0n) is 22.1. The minimum Gasteiger partial charge on any atom is -0.496 e. The minimum absolute atomic E-state index is 0.0921. The summed E-state index contributed by atoms with van der Waals surface area (Å²) in [5.74, 6) is 3.18. The predicted octanol–water partition coefficient (Wildman–Crippen LogP) is 4.73. The largest absolute Gasteiger partial charge is 0.496 e. The Bertz CT molecular complexity index is 1900. The zero-order chi connectivity index (χ0) is 28.4. The van der Waals surface area contributed by atoms with Crippen LogP contribution in [0.2, 0.25) is 0 Å². The molecule has 0 fully saturated rings. The molecule has 5 rings (SSSR count). The number of hydrogen-bond donors (Lipinski definition) is 0. The fourth-order valence-electron chi connectivity index (χ4n) is 4.76. The maximum Gasteiger partial charge on any atom is 0.338 e. The number of methoxy groups -OCH3 is 1. The third-order valence-corrected chi connectivity index (χ3v) is 8.13. The Balaban J connectivity index is 1.77. The Kier molecular flexibility index (Phi) is 7.92. The first-order valence-corrected chi connectivity index (χ1v) is 14.1. The first-order chi connectivity index (χ1) is 19.4. The number of terminal acetylenes is 1. The van der Waals surface area contributed by atoms with Crippen LogP contribution in [0, 0.1) is 12.3 Å². The van der Waals surface area contributed by atoms with Crippen LogP contribution in [-0.2, 0) is 9.53 Å². The van der Waals surface area contributed by atoms with Gasteiger partial charge < -0.3 is 14.2 Å². The quantitative estimate of drug-likeness (QED) is 0.221. The van der Waals surface area contributed by atoms with E-state index in [2.05, 4.69) is 26.8 Å². The number of fused-ring (bicyclic) bond motifs is 2. The molecule has 0 spiro atoms. The molecule has 1 aliphatic heterocycles. The van der Waals surface area contributed by atoms with Gasteiger partial charge in [-0.2, -0.15) is 0 Å². The number of ether oxygens (including phenoxy) is 3. The van der Waals surface area contributed by atoms with Crippen LogP contribution in [0.25, 0.3) is 16.8 Å². The number of halogens is 1. The number of carbonyl (C=O) groups excluding carboxylic acids is 1. The minimum atomic E-state index is -0.746. The Hall–Kier alpha value is -4.13. The molecule has 1 aliphatic rings. The summed E-state index contributed by atoms with van der Waals surface area (Å²) in [6, 6.07) is 16.4. The highest BCUT2D eigenvalue weighted by Crippen LogP contribution is 2.35. The first-order valence-electron chi connectivity index (χ1n) is 12.5. The van der Waals surface area contributed by atoms with Gasteiger partial charge in [0.05, 0.1) is 40.0 Å². The van der Waals surface area contributed by atoms with Gasteiger partial charge in [0.15, 0.2) is 4.80 Å². The van der Waals surface area contributed by atoms with Crippen LogP contribution < -0.4 is 24.4 Å². The number of allylic oxidation sites excluding steroid dienone is 1. The van der Waals surface area contributed by atoms with Crippen molar-refractivity contribution in [3.63, 3.8) is 0 Å². The lowest BCUT2D eigenvalue weighted by molar-refractivity contribution is -0.139. The van der Waals surface area contributed by atoms with Gasteiger partial charge in [-0.25, -0.2) is 9.79 Å². The van der Waals surface area contributed by atoms with Crippen molar-refractivity contribution in [2.75, 3.05) is 20.3 Å². The second-order valence-electron chi connectivity index (χ2n) is 8.89. The van der Waals surface area contributed by atoms with E-state index >= 15 is 0 Å². The third kappa shape index (κ3) is 4.96. The SMILES string of the molecule is C#CCOc1ccc2ccccc2c1/C=c1\sc2n(c1=O)[C@@H](c1ccc(OC)c(Br)c1)C(C(=O)OCC)=C(C)N=2. The average molecular weight is 618 g/mol. The van der Waals surface area contributed by atoms with Crippen molar-refractivity contribution >= 4 is 50.1 Å². The van der Waals surface area contributed by atoms with Gasteiger partial charge in [-0.15, -0.1) is 6.42 Å². The fourth-order valence-corrected chi connectivity index (χ4v) is 6.35. The molecule has 7 nitrogen and oxygen atoms in total. The van der Waals surface area contributed by atoms with Crippen molar-refractivity contribution in [2.45, 2.75) is 19.9 Å². The van der Waals surface area contributed by atoms with E-state index < -0.39 is 12.0 Å². The number of rotatable bonds is 7. The van der Waals surface area contributed by atoms with Crippen LogP contribution in [0.15, 0.2) is 80.1 Å². The van der Waals surface area contributed by atoms with Crippen molar-refractivity contribution in [2.24, 2.45) is 4.99 Å². The monoisotopic (exact) mass is 616 g/mol. The van der Waals surface area contributed by atoms with Crippen LogP contribution >= 0.6 is 27.3 Å². The maximum atomic E-state index is 14.1. The summed E-state index contributed by atoms with van der Waals surface area (Å²) < 4.78 is 19.3. The molecule has 0 saturated carbocycles. The molecule has 0 bridgehead atoms. The van der Waals surface area contributed by atoms with E-state index in [1.165, 1.54) is 11.3 Å². The summed E-state index contributed by atoms with van der Waals surface area (Å²) in [6.07, 6.45) is 7.26.